The van der Waals surface area contributed by atoms with Gasteiger partial charge in [0.25, 0.3) is 0 Å². The highest BCUT2D eigenvalue weighted by Crippen LogP contribution is 2.35. The van der Waals surface area contributed by atoms with Crippen molar-refractivity contribution >= 4 is 11.9 Å². The molecular weight excluding hydrogens is 504 g/mol. The predicted molar refractivity (Wildman–Crippen MR) is 161 cm³/mol. The normalized spacial score (nSPS) is 23.8. The van der Waals surface area contributed by atoms with Crippen LogP contribution >= 0.6 is 0 Å². The van der Waals surface area contributed by atoms with Gasteiger partial charge in [0.1, 0.15) is 0 Å². The van der Waals surface area contributed by atoms with Gasteiger partial charge in [-0.05, 0) is 88.4 Å². The number of esters is 2. The number of aliphatic hydroxyl groups is 1. The Morgan fingerprint density at radius 2 is 1.32 bits per heavy atom. The highest BCUT2D eigenvalue weighted by atomic mass is 16.5. The second kappa shape index (κ2) is 20.3. The molecule has 40 heavy (non-hydrogen) atoms. The van der Waals surface area contributed by atoms with Gasteiger partial charge in [-0.15, -0.1) is 0 Å². The van der Waals surface area contributed by atoms with Gasteiger partial charge in [0, 0.05) is 12.2 Å². The van der Waals surface area contributed by atoms with Crippen LogP contribution in [0.2, 0.25) is 0 Å². The van der Waals surface area contributed by atoms with E-state index in [1.165, 1.54) is 64.2 Å². The summed E-state index contributed by atoms with van der Waals surface area (Å²) in [6, 6.07) is 0. The van der Waals surface area contributed by atoms with Gasteiger partial charge >= 0.3 is 11.9 Å². The molecule has 230 valence electrons. The summed E-state index contributed by atoms with van der Waals surface area (Å²) in [5.41, 5.74) is 0.465. The molecule has 2 aliphatic carbocycles. The first kappa shape index (κ1) is 34.5. The summed E-state index contributed by atoms with van der Waals surface area (Å²) < 4.78 is 16.9. The van der Waals surface area contributed by atoms with Gasteiger partial charge in [-0.3, -0.25) is 0 Å². The molecule has 0 spiro atoms. The monoisotopic (exact) mass is 562 g/mol. The minimum absolute atomic E-state index is 0.0652. The highest BCUT2D eigenvalue weighted by molar-refractivity contribution is 5.88. The summed E-state index contributed by atoms with van der Waals surface area (Å²) >= 11 is 0. The van der Waals surface area contributed by atoms with Crippen LogP contribution in [0.4, 0.5) is 0 Å². The Bertz CT molecular complexity index is 746. The number of ether oxygens (including phenoxy) is 3. The first-order valence-corrected chi connectivity index (χ1v) is 16.2. The molecule has 2 fully saturated rings. The van der Waals surface area contributed by atoms with E-state index in [0.717, 1.165) is 57.0 Å². The van der Waals surface area contributed by atoms with Crippen LogP contribution in [0, 0.1) is 23.7 Å². The van der Waals surface area contributed by atoms with Gasteiger partial charge in [-0.2, -0.15) is 0 Å². The smallest absolute Gasteiger partial charge is 0.335 e. The van der Waals surface area contributed by atoms with Crippen molar-refractivity contribution < 1.29 is 28.9 Å². The Kier molecular flexibility index (Phi) is 17.5. The van der Waals surface area contributed by atoms with Gasteiger partial charge in [-0.1, -0.05) is 71.4 Å². The fraction of sp³-hybridized carbons (Fsp3) is 0.824. The molecule has 0 radical (unpaired) electrons. The highest BCUT2D eigenvalue weighted by Gasteiger charge is 2.25. The Hall–Kier alpha value is -1.66. The van der Waals surface area contributed by atoms with E-state index in [9.17, 15) is 9.59 Å². The molecule has 0 saturated heterocycles. The second-order valence-electron chi connectivity index (χ2n) is 12.5. The van der Waals surface area contributed by atoms with Crippen molar-refractivity contribution in [2.45, 2.75) is 129 Å². The molecule has 6 nitrogen and oxygen atoms in total. The molecule has 0 bridgehead atoms. The molecule has 2 rings (SSSR count). The second-order valence-corrected chi connectivity index (χ2v) is 12.5. The van der Waals surface area contributed by atoms with Crippen molar-refractivity contribution in [3.8, 4) is 0 Å². The van der Waals surface area contributed by atoms with E-state index in [-0.39, 0.29) is 24.1 Å². The number of carbonyl (C=O) groups is 2. The summed E-state index contributed by atoms with van der Waals surface area (Å²) in [5, 5.41) is 9.07. The number of hydrogen-bond acceptors (Lipinski definition) is 6. The molecule has 0 aromatic carbocycles. The van der Waals surface area contributed by atoms with E-state index in [2.05, 4.69) is 20.1 Å². The lowest BCUT2D eigenvalue weighted by atomic mass is 9.78. The molecular formula is C34H58O6. The Morgan fingerprint density at radius 3 is 1.88 bits per heavy atom. The van der Waals surface area contributed by atoms with Gasteiger partial charge in [-0.25, -0.2) is 9.59 Å². The summed E-state index contributed by atoms with van der Waals surface area (Å²) in [4.78, 5) is 23.6. The molecule has 1 atom stereocenters. The minimum atomic E-state index is -0.553. The van der Waals surface area contributed by atoms with Crippen molar-refractivity contribution in [3.63, 3.8) is 0 Å². The van der Waals surface area contributed by atoms with E-state index in [1.807, 2.05) is 0 Å². The number of unbranched alkanes of at least 4 members (excludes halogenated alkanes) is 2. The molecule has 6 heteroatoms. The molecule has 1 N–H and O–H groups in total. The molecule has 2 aliphatic rings. The SMILES string of the molecule is C=C(C)C(=O)OCCC(CCOC(=O)C(=C)CO)CC1CCC(OCCCC2CCC(CCCCC)CC2)CC1. The molecule has 1 unspecified atom stereocenters. The van der Waals surface area contributed by atoms with Crippen molar-refractivity contribution in [3.05, 3.63) is 24.3 Å². The quantitative estimate of drug-likeness (QED) is 0.0929. The molecule has 2 saturated carbocycles. The maximum Gasteiger partial charge on any atom is 0.335 e. The van der Waals surface area contributed by atoms with Crippen LogP contribution in [0.25, 0.3) is 0 Å². The van der Waals surface area contributed by atoms with E-state index in [4.69, 9.17) is 19.3 Å². The van der Waals surface area contributed by atoms with Crippen LogP contribution < -0.4 is 0 Å². The topological polar surface area (TPSA) is 82.1 Å². The predicted octanol–water partition coefficient (Wildman–Crippen LogP) is 7.73. The molecule has 0 aromatic heterocycles. The Morgan fingerprint density at radius 1 is 0.775 bits per heavy atom. The number of rotatable bonds is 20. The molecule has 0 aliphatic heterocycles. The molecule has 0 amide bonds. The average molecular weight is 563 g/mol. The van der Waals surface area contributed by atoms with Gasteiger partial charge < -0.3 is 19.3 Å². The third-order valence-corrected chi connectivity index (χ3v) is 9.10. The van der Waals surface area contributed by atoms with Crippen molar-refractivity contribution in [2.75, 3.05) is 26.4 Å². The minimum Gasteiger partial charge on any atom is -0.462 e. The van der Waals surface area contributed by atoms with Crippen LogP contribution in [0.1, 0.15) is 123 Å². The number of hydrogen-bond donors (Lipinski definition) is 1. The average Bonchev–Trinajstić information content (AvgIpc) is 2.96. The zero-order valence-electron chi connectivity index (χ0n) is 25.6. The molecule has 0 aromatic rings. The van der Waals surface area contributed by atoms with Crippen molar-refractivity contribution in [1.82, 2.24) is 0 Å². The zero-order valence-corrected chi connectivity index (χ0v) is 25.6. The Balaban J connectivity index is 1.63. The molecule has 0 heterocycles. The standard InChI is InChI=1S/C34H58O6/c1-5-6-7-9-28-11-13-29(14-12-28)10-8-21-38-32-17-15-30(16-18-32)24-31(19-22-39-33(36)26(2)3)20-23-40-34(37)27(4)25-35/h28-32,35H,2,4-25H2,1,3H3. The van der Waals surface area contributed by atoms with Crippen LogP contribution in [-0.2, 0) is 23.8 Å². The van der Waals surface area contributed by atoms with Crippen LogP contribution in [0.15, 0.2) is 24.3 Å². The lowest BCUT2D eigenvalue weighted by molar-refractivity contribution is -0.139. The lowest BCUT2D eigenvalue weighted by Gasteiger charge is -2.31. The summed E-state index contributed by atoms with van der Waals surface area (Å²) in [6.45, 7) is 12.2. The van der Waals surface area contributed by atoms with E-state index >= 15 is 0 Å². The third-order valence-electron chi connectivity index (χ3n) is 9.10. The lowest BCUT2D eigenvalue weighted by Crippen LogP contribution is -2.24. The number of carbonyl (C=O) groups excluding carboxylic acids is 2. The Labute approximate surface area is 244 Å². The summed E-state index contributed by atoms with van der Waals surface area (Å²) in [7, 11) is 0. The third kappa shape index (κ3) is 14.3. The van der Waals surface area contributed by atoms with Gasteiger partial charge in [0.2, 0.25) is 0 Å². The first-order chi connectivity index (χ1) is 19.3. The van der Waals surface area contributed by atoms with Gasteiger partial charge in [0.05, 0.1) is 31.5 Å². The summed E-state index contributed by atoms with van der Waals surface area (Å²) in [6.07, 6.45) is 21.2. The maximum atomic E-state index is 11.8. The van der Waals surface area contributed by atoms with Crippen molar-refractivity contribution in [2.24, 2.45) is 23.7 Å². The van der Waals surface area contributed by atoms with Crippen LogP contribution in [0.5, 0.6) is 0 Å². The fourth-order valence-electron chi connectivity index (χ4n) is 6.43. The van der Waals surface area contributed by atoms with Crippen LogP contribution in [-0.4, -0.2) is 49.6 Å². The fourth-order valence-corrected chi connectivity index (χ4v) is 6.43. The zero-order chi connectivity index (χ0) is 29.2. The first-order valence-electron chi connectivity index (χ1n) is 16.2. The van der Waals surface area contributed by atoms with Crippen molar-refractivity contribution in [1.29, 1.82) is 0 Å². The summed E-state index contributed by atoms with van der Waals surface area (Å²) in [5.74, 6) is 1.88. The maximum absolute atomic E-state index is 11.8. The number of aliphatic hydroxyl groups excluding tert-OH is 1. The van der Waals surface area contributed by atoms with Crippen LogP contribution in [0.3, 0.4) is 0 Å². The van der Waals surface area contributed by atoms with E-state index in [1.54, 1.807) is 6.92 Å². The van der Waals surface area contributed by atoms with Gasteiger partial charge in [0.15, 0.2) is 0 Å². The largest absolute Gasteiger partial charge is 0.462 e. The van der Waals surface area contributed by atoms with E-state index in [0.29, 0.717) is 30.6 Å². The van der Waals surface area contributed by atoms with E-state index < -0.39 is 12.6 Å².